The summed E-state index contributed by atoms with van der Waals surface area (Å²) < 4.78 is 11.3. The molecule has 0 bridgehead atoms. The lowest BCUT2D eigenvalue weighted by atomic mass is 10.0. The molecular weight excluding hydrogens is 655 g/mol. The molecule has 0 N–H and O–H groups in total. The predicted octanol–water partition coefficient (Wildman–Crippen LogP) is 13.6. The molecule has 0 radical (unpaired) electrons. The fourth-order valence-electron chi connectivity index (χ4n) is 7.87. The van der Waals surface area contributed by atoms with Gasteiger partial charge >= 0.3 is 0 Å². The monoisotopic (exact) mass is 683 g/mol. The van der Waals surface area contributed by atoms with Crippen molar-refractivity contribution in [2.24, 2.45) is 0 Å². The van der Waals surface area contributed by atoms with Gasteiger partial charge < -0.3 is 13.9 Å². The summed E-state index contributed by atoms with van der Waals surface area (Å²) in [6.07, 6.45) is 0. The standard InChI is InChI=1S/C47H29N3OS/c1-3-12-31(13-4-1)47-48-46-42(51-47)27-22-30-14-11-20-40(45(30)46)49(34-24-26-38-37-18-8-10-21-43(37)52-44(38)29-34)33-23-25-36-35-17-7-9-19-39(35)50(41(36)28-33)32-15-5-2-6-16-32/h1-29H. The summed E-state index contributed by atoms with van der Waals surface area (Å²) in [7, 11) is 0. The number of anilines is 3. The Morgan fingerprint density at radius 3 is 2.08 bits per heavy atom. The highest BCUT2D eigenvalue weighted by Crippen LogP contribution is 2.46. The Bertz CT molecular complexity index is 3140. The normalized spacial score (nSPS) is 11.8. The Balaban J connectivity index is 1.21. The number of fused-ring (bicyclic) bond motifs is 9. The topological polar surface area (TPSA) is 34.2 Å². The average molecular weight is 684 g/mol. The number of hydrogen-bond donors (Lipinski definition) is 0. The molecule has 5 heteroatoms. The molecule has 0 aliphatic carbocycles. The molecule has 3 aromatic heterocycles. The van der Waals surface area contributed by atoms with Crippen LogP contribution in [0.1, 0.15) is 0 Å². The van der Waals surface area contributed by atoms with Crippen LogP contribution in [0.15, 0.2) is 180 Å². The van der Waals surface area contributed by atoms with Crippen molar-refractivity contribution in [3.63, 3.8) is 0 Å². The van der Waals surface area contributed by atoms with E-state index >= 15 is 0 Å². The van der Waals surface area contributed by atoms with Gasteiger partial charge in [-0.2, -0.15) is 0 Å². The van der Waals surface area contributed by atoms with E-state index in [1.807, 2.05) is 47.7 Å². The lowest BCUT2D eigenvalue weighted by Gasteiger charge is -2.27. The van der Waals surface area contributed by atoms with Crippen molar-refractivity contribution < 1.29 is 4.42 Å². The van der Waals surface area contributed by atoms with E-state index in [2.05, 4.69) is 149 Å². The Kier molecular flexibility index (Phi) is 6.39. The van der Waals surface area contributed by atoms with Gasteiger partial charge in [0.1, 0.15) is 5.52 Å². The molecule has 11 rings (SSSR count). The number of benzene rings is 8. The molecule has 0 spiro atoms. The zero-order valence-corrected chi connectivity index (χ0v) is 28.7. The zero-order valence-electron chi connectivity index (χ0n) is 27.9. The van der Waals surface area contributed by atoms with Gasteiger partial charge in [0.05, 0.1) is 16.7 Å². The van der Waals surface area contributed by atoms with Gasteiger partial charge in [0.15, 0.2) is 5.58 Å². The average Bonchev–Trinajstić information content (AvgIpc) is 3.90. The van der Waals surface area contributed by atoms with Gasteiger partial charge in [-0.15, -0.1) is 11.3 Å². The van der Waals surface area contributed by atoms with Gasteiger partial charge in [0.2, 0.25) is 5.89 Å². The number of aromatic nitrogens is 2. The van der Waals surface area contributed by atoms with Crippen molar-refractivity contribution in [1.82, 2.24) is 9.55 Å². The minimum atomic E-state index is 0.616. The van der Waals surface area contributed by atoms with E-state index in [0.717, 1.165) is 55.7 Å². The Morgan fingerprint density at radius 1 is 0.519 bits per heavy atom. The van der Waals surface area contributed by atoms with E-state index in [-0.39, 0.29) is 0 Å². The fraction of sp³-hybridized carbons (Fsp3) is 0. The SMILES string of the molecule is c1ccc(-c2nc3c(ccc4cccc(N(c5ccc6c(c5)sc5ccccc56)c5ccc6c7ccccc7n(-c7ccccc7)c6c5)c43)o2)cc1. The molecule has 11 aromatic rings. The quantitative estimate of drug-likeness (QED) is 0.181. The Labute approximate surface area is 303 Å². The first kappa shape index (κ1) is 29.1. The highest BCUT2D eigenvalue weighted by molar-refractivity contribution is 7.25. The first-order valence-electron chi connectivity index (χ1n) is 17.5. The van der Waals surface area contributed by atoms with Gasteiger partial charge in [-0.05, 0) is 78.2 Å². The number of para-hydroxylation sites is 2. The van der Waals surface area contributed by atoms with E-state index < -0.39 is 0 Å². The second-order valence-electron chi connectivity index (χ2n) is 13.2. The van der Waals surface area contributed by atoms with Crippen molar-refractivity contribution in [1.29, 1.82) is 0 Å². The molecule has 0 amide bonds. The maximum atomic E-state index is 6.42. The Hall–Kier alpha value is -6.69. The summed E-state index contributed by atoms with van der Waals surface area (Å²) in [4.78, 5) is 7.56. The molecule has 0 saturated heterocycles. The lowest BCUT2D eigenvalue weighted by molar-refractivity contribution is 0.620. The molecule has 52 heavy (non-hydrogen) atoms. The van der Waals surface area contributed by atoms with Crippen LogP contribution < -0.4 is 4.90 Å². The summed E-state index contributed by atoms with van der Waals surface area (Å²) in [5.74, 6) is 0.616. The molecular formula is C47H29N3OS. The number of oxazole rings is 1. The van der Waals surface area contributed by atoms with Crippen LogP contribution >= 0.6 is 11.3 Å². The number of rotatable bonds is 5. The minimum Gasteiger partial charge on any atom is -0.436 e. The molecule has 0 aliphatic rings. The number of thiophene rings is 1. The fourth-order valence-corrected chi connectivity index (χ4v) is 9.01. The lowest BCUT2D eigenvalue weighted by Crippen LogP contribution is -2.10. The summed E-state index contributed by atoms with van der Waals surface area (Å²) in [5.41, 5.74) is 9.21. The van der Waals surface area contributed by atoms with Gasteiger partial charge in [0, 0.05) is 59.0 Å². The molecule has 4 nitrogen and oxygen atoms in total. The van der Waals surface area contributed by atoms with E-state index in [9.17, 15) is 0 Å². The van der Waals surface area contributed by atoms with Gasteiger partial charge in [-0.25, -0.2) is 4.98 Å². The van der Waals surface area contributed by atoms with Crippen LogP contribution in [-0.2, 0) is 0 Å². The van der Waals surface area contributed by atoms with Crippen molar-refractivity contribution in [3.05, 3.63) is 176 Å². The second kappa shape index (κ2) is 11.4. The molecule has 244 valence electrons. The van der Waals surface area contributed by atoms with Crippen LogP contribution in [0.4, 0.5) is 17.1 Å². The first-order chi connectivity index (χ1) is 25.8. The summed E-state index contributed by atoms with van der Waals surface area (Å²) in [5, 5.41) is 7.16. The molecule has 0 saturated carbocycles. The van der Waals surface area contributed by atoms with Crippen LogP contribution in [0.3, 0.4) is 0 Å². The van der Waals surface area contributed by atoms with Crippen LogP contribution in [0.25, 0.3) is 81.0 Å². The van der Waals surface area contributed by atoms with E-state index in [4.69, 9.17) is 9.40 Å². The predicted molar refractivity (Wildman–Crippen MR) is 219 cm³/mol. The third-order valence-corrected chi connectivity index (χ3v) is 11.3. The van der Waals surface area contributed by atoms with Crippen molar-refractivity contribution >= 4 is 92.2 Å². The van der Waals surface area contributed by atoms with E-state index in [0.29, 0.717) is 5.89 Å². The van der Waals surface area contributed by atoms with Crippen LogP contribution in [0, 0.1) is 0 Å². The molecule has 0 fully saturated rings. The second-order valence-corrected chi connectivity index (χ2v) is 14.3. The maximum Gasteiger partial charge on any atom is 0.227 e. The van der Waals surface area contributed by atoms with Crippen molar-refractivity contribution in [2.75, 3.05) is 4.90 Å². The summed E-state index contributed by atoms with van der Waals surface area (Å²) >= 11 is 1.84. The molecule has 3 heterocycles. The van der Waals surface area contributed by atoms with Crippen molar-refractivity contribution in [3.8, 4) is 17.1 Å². The first-order valence-corrected chi connectivity index (χ1v) is 18.3. The highest BCUT2D eigenvalue weighted by Gasteiger charge is 2.22. The van der Waals surface area contributed by atoms with E-state index in [1.165, 1.54) is 36.5 Å². The molecule has 0 atom stereocenters. The van der Waals surface area contributed by atoms with Crippen LogP contribution in [0.5, 0.6) is 0 Å². The van der Waals surface area contributed by atoms with Crippen LogP contribution in [-0.4, -0.2) is 9.55 Å². The third-order valence-electron chi connectivity index (χ3n) is 10.2. The minimum absolute atomic E-state index is 0.616. The van der Waals surface area contributed by atoms with Gasteiger partial charge in [-0.3, -0.25) is 0 Å². The molecule has 8 aromatic carbocycles. The number of hydrogen-bond acceptors (Lipinski definition) is 4. The number of nitrogens with zero attached hydrogens (tertiary/aromatic N) is 3. The molecule has 0 aliphatic heterocycles. The summed E-state index contributed by atoms with van der Waals surface area (Å²) in [6.45, 7) is 0. The highest BCUT2D eigenvalue weighted by atomic mass is 32.1. The van der Waals surface area contributed by atoms with Crippen LogP contribution in [0.2, 0.25) is 0 Å². The van der Waals surface area contributed by atoms with Gasteiger partial charge in [-0.1, -0.05) is 103 Å². The third kappa shape index (κ3) is 4.43. The van der Waals surface area contributed by atoms with Gasteiger partial charge in [0.25, 0.3) is 0 Å². The summed E-state index contributed by atoms with van der Waals surface area (Å²) in [6, 6.07) is 62.6. The smallest absolute Gasteiger partial charge is 0.227 e. The van der Waals surface area contributed by atoms with E-state index in [1.54, 1.807) is 0 Å². The maximum absolute atomic E-state index is 6.42. The Morgan fingerprint density at radius 2 is 1.21 bits per heavy atom. The van der Waals surface area contributed by atoms with Crippen molar-refractivity contribution in [2.45, 2.75) is 0 Å². The zero-order chi connectivity index (χ0) is 34.2. The largest absolute Gasteiger partial charge is 0.436 e. The molecule has 0 unspecified atom stereocenters.